The molecular weight excluding hydrogens is 166 g/mol. The van der Waals surface area contributed by atoms with E-state index in [1.165, 1.54) is 0 Å². The summed E-state index contributed by atoms with van der Waals surface area (Å²) in [6.45, 7) is 7.74. The Morgan fingerprint density at radius 3 is 2.46 bits per heavy atom. The highest BCUT2D eigenvalue weighted by atomic mass is 16.3. The lowest BCUT2D eigenvalue weighted by Crippen LogP contribution is -2.05. The van der Waals surface area contributed by atoms with E-state index in [0.717, 1.165) is 5.57 Å². The van der Waals surface area contributed by atoms with Crippen LogP contribution in [0.4, 0.5) is 0 Å². The molecule has 3 N–H and O–H groups in total. The third kappa shape index (κ3) is 4.42. The van der Waals surface area contributed by atoms with Crippen molar-refractivity contribution in [1.82, 2.24) is 0 Å². The van der Waals surface area contributed by atoms with Crippen molar-refractivity contribution < 1.29 is 5.11 Å². The molecule has 74 valence electrons. The Hall–Kier alpha value is -1.16. The zero-order valence-corrected chi connectivity index (χ0v) is 8.25. The van der Waals surface area contributed by atoms with Gasteiger partial charge in [0.15, 0.2) is 5.84 Å². The molecular formula is C9H17N3O. The fraction of sp³-hybridized carbons (Fsp3) is 0.556. The van der Waals surface area contributed by atoms with Crippen molar-refractivity contribution in [2.45, 2.75) is 20.3 Å². The van der Waals surface area contributed by atoms with Crippen molar-refractivity contribution in [3.8, 4) is 0 Å². The maximum atomic E-state index is 8.55. The van der Waals surface area contributed by atoms with Crippen molar-refractivity contribution in [1.29, 1.82) is 0 Å². The van der Waals surface area contributed by atoms with Gasteiger partial charge in [-0.2, -0.15) is 0 Å². The van der Waals surface area contributed by atoms with Gasteiger partial charge in [0.05, 0.1) is 0 Å². The van der Waals surface area contributed by atoms with Gasteiger partial charge in [-0.05, 0) is 27.0 Å². The molecule has 0 aliphatic heterocycles. The molecule has 0 aliphatic rings. The van der Waals surface area contributed by atoms with Gasteiger partial charge >= 0.3 is 0 Å². The molecule has 0 fully saturated rings. The molecule has 0 saturated heterocycles. The van der Waals surface area contributed by atoms with Crippen molar-refractivity contribution in [2.24, 2.45) is 15.7 Å². The number of hydrogen-bond acceptors (Lipinski definition) is 3. The summed E-state index contributed by atoms with van der Waals surface area (Å²) in [6.07, 6.45) is 0.635. The molecule has 0 aliphatic carbocycles. The predicted molar refractivity (Wildman–Crippen MR) is 56.1 cm³/mol. The first-order valence-electron chi connectivity index (χ1n) is 4.18. The molecule has 0 amide bonds. The van der Waals surface area contributed by atoms with Crippen molar-refractivity contribution in [3.63, 3.8) is 0 Å². The van der Waals surface area contributed by atoms with Gasteiger partial charge in [0.1, 0.15) is 0 Å². The van der Waals surface area contributed by atoms with Crippen molar-refractivity contribution >= 4 is 12.6 Å². The second kappa shape index (κ2) is 6.37. The molecule has 0 atom stereocenters. The van der Waals surface area contributed by atoms with Gasteiger partial charge in [-0.3, -0.25) is 4.99 Å². The minimum atomic E-state index is 0.137. The Kier molecular flexibility index (Phi) is 5.80. The molecule has 0 aromatic rings. The number of nitrogens with two attached hydrogens (primary N) is 1. The van der Waals surface area contributed by atoms with E-state index in [1.807, 2.05) is 6.92 Å². The summed E-state index contributed by atoms with van der Waals surface area (Å²) < 4.78 is 0. The van der Waals surface area contributed by atoms with Gasteiger partial charge in [0, 0.05) is 24.4 Å². The smallest absolute Gasteiger partial charge is 0.151 e. The average molecular weight is 183 g/mol. The highest BCUT2D eigenvalue weighted by molar-refractivity contribution is 6.00. The first kappa shape index (κ1) is 11.8. The molecule has 0 unspecified atom stereocenters. The SMILES string of the molecule is C=NC(=NCCCO)C(C)=C(C)N. The molecule has 0 radical (unpaired) electrons. The third-order valence-corrected chi connectivity index (χ3v) is 1.65. The fourth-order valence-electron chi connectivity index (χ4n) is 0.719. The lowest BCUT2D eigenvalue weighted by Gasteiger charge is -2.02. The van der Waals surface area contributed by atoms with Gasteiger partial charge in [0.25, 0.3) is 0 Å². The summed E-state index contributed by atoms with van der Waals surface area (Å²) in [6, 6.07) is 0. The molecule has 0 heterocycles. The molecule has 0 rings (SSSR count). The van der Waals surface area contributed by atoms with E-state index in [-0.39, 0.29) is 6.61 Å². The van der Waals surface area contributed by atoms with Crippen LogP contribution in [0.1, 0.15) is 20.3 Å². The standard InChI is InChI=1S/C9H17N3O/c1-7(8(2)10)9(11-3)12-5-4-6-13/h13H,3-6,10H2,1-2H3. The van der Waals surface area contributed by atoms with Crippen LogP contribution in [0.3, 0.4) is 0 Å². The second-order valence-corrected chi connectivity index (χ2v) is 2.75. The van der Waals surface area contributed by atoms with Crippen molar-refractivity contribution in [3.05, 3.63) is 11.3 Å². The molecule has 0 aromatic carbocycles. The van der Waals surface area contributed by atoms with Gasteiger partial charge in [-0.15, -0.1) is 0 Å². The largest absolute Gasteiger partial charge is 0.402 e. The van der Waals surface area contributed by atoms with Crippen LogP contribution in [0.2, 0.25) is 0 Å². The topological polar surface area (TPSA) is 71.0 Å². The second-order valence-electron chi connectivity index (χ2n) is 2.75. The van der Waals surface area contributed by atoms with Crippen LogP contribution in [0.5, 0.6) is 0 Å². The Bertz CT molecular complexity index is 227. The van der Waals surface area contributed by atoms with Gasteiger partial charge in [0.2, 0.25) is 0 Å². The highest BCUT2D eigenvalue weighted by Crippen LogP contribution is 2.02. The monoisotopic (exact) mass is 183 g/mol. The summed E-state index contributed by atoms with van der Waals surface area (Å²) in [7, 11) is 0. The highest BCUT2D eigenvalue weighted by Gasteiger charge is 2.00. The zero-order valence-electron chi connectivity index (χ0n) is 8.25. The predicted octanol–water partition coefficient (Wildman–Crippen LogP) is 0.721. The summed E-state index contributed by atoms with van der Waals surface area (Å²) in [5, 5.41) is 8.55. The Morgan fingerprint density at radius 1 is 1.46 bits per heavy atom. The first-order valence-corrected chi connectivity index (χ1v) is 4.18. The molecule has 4 nitrogen and oxygen atoms in total. The Morgan fingerprint density at radius 2 is 2.08 bits per heavy atom. The summed E-state index contributed by atoms with van der Waals surface area (Å²) in [4.78, 5) is 7.90. The quantitative estimate of drug-likeness (QED) is 0.383. The van der Waals surface area contributed by atoms with E-state index in [9.17, 15) is 0 Å². The minimum absolute atomic E-state index is 0.137. The number of amidine groups is 1. The third-order valence-electron chi connectivity index (χ3n) is 1.65. The molecule has 0 saturated carbocycles. The molecule has 13 heavy (non-hydrogen) atoms. The number of nitrogens with zero attached hydrogens (tertiary/aromatic N) is 2. The van der Waals surface area contributed by atoms with E-state index < -0.39 is 0 Å². The molecule has 4 heteroatoms. The number of aliphatic hydroxyl groups excluding tert-OH is 1. The van der Waals surface area contributed by atoms with E-state index >= 15 is 0 Å². The van der Waals surface area contributed by atoms with Crippen LogP contribution in [0, 0.1) is 0 Å². The molecule has 0 spiro atoms. The minimum Gasteiger partial charge on any atom is -0.402 e. The normalized spacial score (nSPS) is 13.9. The van der Waals surface area contributed by atoms with E-state index in [1.54, 1.807) is 6.92 Å². The Labute approximate surface area is 78.9 Å². The zero-order chi connectivity index (χ0) is 10.3. The fourth-order valence-corrected chi connectivity index (χ4v) is 0.719. The Balaban J connectivity index is 4.42. The lowest BCUT2D eigenvalue weighted by molar-refractivity contribution is 0.291. The van der Waals surface area contributed by atoms with E-state index in [0.29, 0.717) is 24.5 Å². The van der Waals surface area contributed by atoms with E-state index in [2.05, 4.69) is 16.7 Å². The number of rotatable bonds is 4. The van der Waals surface area contributed by atoms with E-state index in [4.69, 9.17) is 10.8 Å². The number of aliphatic imine (C=N–C) groups is 2. The van der Waals surface area contributed by atoms with Crippen LogP contribution < -0.4 is 5.73 Å². The maximum absolute atomic E-state index is 8.55. The number of allylic oxidation sites excluding steroid dienone is 1. The van der Waals surface area contributed by atoms with Crippen LogP contribution in [-0.4, -0.2) is 30.8 Å². The van der Waals surface area contributed by atoms with Gasteiger partial charge in [-0.25, -0.2) is 4.99 Å². The van der Waals surface area contributed by atoms with Crippen LogP contribution in [-0.2, 0) is 0 Å². The van der Waals surface area contributed by atoms with Gasteiger partial charge in [-0.1, -0.05) is 0 Å². The van der Waals surface area contributed by atoms with Crippen LogP contribution in [0.15, 0.2) is 21.3 Å². The first-order chi connectivity index (χ1) is 6.13. The average Bonchev–Trinajstić information content (AvgIpc) is 2.11. The summed E-state index contributed by atoms with van der Waals surface area (Å²) >= 11 is 0. The lowest BCUT2D eigenvalue weighted by atomic mass is 10.2. The summed E-state index contributed by atoms with van der Waals surface area (Å²) in [5.41, 5.74) is 7.11. The van der Waals surface area contributed by atoms with Crippen molar-refractivity contribution in [2.75, 3.05) is 13.2 Å². The maximum Gasteiger partial charge on any atom is 0.151 e. The molecule has 0 bridgehead atoms. The number of aliphatic hydroxyl groups is 1. The summed E-state index contributed by atoms with van der Waals surface area (Å²) in [5.74, 6) is 0.563. The molecule has 0 aromatic heterocycles. The van der Waals surface area contributed by atoms with Gasteiger partial charge < -0.3 is 10.8 Å². The van der Waals surface area contributed by atoms with Crippen LogP contribution >= 0.6 is 0 Å². The van der Waals surface area contributed by atoms with Crippen LogP contribution in [0.25, 0.3) is 0 Å². The number of hydrogen-bond donors (Lipinski definition) is 2.